The minimum atomic E-state index is 0.422. The predicted molar refractivity (Wildman–Crippen MR) is 78.0 cm³/mol. The van der Waals surface area contributed by atoms with Crippen molar-refractivity contribution in [3.05, 3.63) is 53.6 Å². The normalized spacial score (nSPS) is 10.6. The summed E-state index contributed by atoms with van der Waals surface area (Å²) in [5.41, 5.74) is 2.44. The Morgan fingerprint density at radius 3 is 2.67 bits per heavy atom. The van der Waals surface area contributed by atoms with Crippen molar-refractivity contribution in [3.8, 4) is 5.75 Å². The molecule has 2 aromatic carbocycles. The predicted octanol–water partition coefficient (Wildman–Crippen LogP) is 4.83. The molecule has 1 N–H and O–H groups in total. The average Bonchev–Trinajstić information content (AvgIpc) is 2.36. The summed E-state index contributed by atoms with van der Waals surface area (Å²) in [4.78, 5) is 0. The van der Waals surface area contributed by atoms with E-state index < -0.39 is 0 Å². The third kappa shape index (κ3) is 2.92. The number of aryl methyl sites for hydroxylation is 1. The fourth-order valence-corrected chi connectivity index (χ4v) is 2.26. The van der Waals surface area contributed by atoms with Gasteiger partial charge < -0.3 is 5.11 Å². The van der Waals surface area contributed by atoms with E-state index in [9.17, 15) is 5.11 Å². The first kappa shape index (κ1) is 12.7. The van der Waals surface area contributed by atoms with Crippen LogP contribution in [-0.4, -0.2) is 5.11 Å². The van der Waals surface area contributed by atoms with Crippen LogP contribution in [0.4, 0.5) is 0 Å². The first-order valence-electron chi connectivity index (χ1n) is 6.51. The van der Waals surface area contributed by atoms with Crippen molar-refractivity contribution in [3.63, 3.8) is 0 Å². The molecule has 0 aliphatic carbocycles. The van der Waals surface area contributed by atoms with E-state index in [-0.39, 0.29) is 0 Å². The minimum absolute atomic E-state index is 0.422. The molecule has 0 radical (unpaired) electrons. The molecule has 0 aliphatic rings. The van der Waals surface area contributed by atoms with Crippen LogP contribution in [0.5, 0.6) is 5.75 Å². The van der Waals surface area contributed by atoms with Crippen LogP contribution in [0.3, 0.4) is 0 Å². The Morgan fingerprint density at radius 1 is 1.11 bits per heavy atom. The number of rotatable bonds is 4. The van der Waals surface area contributed by atoms with E-state index >= 15 is 0 Å². The SMILES string of the molecule is CC(C)=CCCCc1c(O)ccc2ccccc12. The summed E-state index contributed by atoms with van der Waals surface area (Å²) >= 11 is 0. The molecule has 0 spiro atoms. The number of phenols is 1. The Hall–Kier alpha value is -1.76. The van der Waals surface area contributed by atoms with Gasteiger partial charge >= 0.3 is 0 Å². The Bertz CT molecular complexity index is 563. The highest BCUT2D eigenvalue weighted by molar-refractivity contribution is 5.87. The van der Waals surface area contributed by atoms with Gasteiger partial charge in [0.05, 0.1) is 0 Å². The fraction of sp³-hybridized carbons (Fsp3) is 0.294. The highest BCUT2D eigenvalue weighted by Crippen LogP contribution is 2.28. The largest absolute Gasteiger partial charge is 0.508 e. The fourth-order valence-electron chi connectivity index (χ4n) is 2.26. The van der Waals surface area contributed by atoms with Gasteiger partial charge in [-0.15, -0.1) is 0 Å². The van der Waals surface area contributed by atoms with E-state index in [0.29, 0.717) is 5.75 Å². The van der Waals surface area contributed by atoms with Gasteiger partial charge in [0.2, 0.25) is 0 Å². The molecule has 0 saturated carbocycles. The zero-order valence-electron chi connectivity index (χ0n) is 11.1. The van der Waals surface area contributed by atoms with Gasteiger partial charge in [0, 0.05) is 5.56 Å². The molecule has 0 aliphatic heterocycles. The first-order chi connectivity index (χ1) is 8.68. The third-order valence-corrected chi connectivity index (χ3v) is 3.20. The van der Waals surface area contributed by atoms with Crippen LogP contribution in [0.1, 0.15) is 32.3 Å². The summed E-state index contributed by atoms with van der Waals surface area (Å²) in [7, 11) is 0. The van der Waals surface area contributed by atoms with E-state index in [1.165, 1.54) is 16.3 Å². The molecule has 18 heavy (non-hydrogen) atoms. The second kappa shape index (κ2) is 5.72. The Balaban J connectivity index is 2.21. The Morgan fingerprint density at radius 2 is 1.89 bits per heavy atom. The standard InChI is InChI=1S/C17H20O/c1-13(2)7-3-5-10-16-15-9-6-4-8-14(15)11-12-17(16)18/h4,6-9,11-12,18H,3,5,10H2,1-2H3. The molecule has 0 heterocycles. The molecule has 94 valence electrons. The van der Waals surface area contributed by atoms with Gasteiger partial charge in [0.25, 0.3) is 0 Å². The van der Waals surface area contributed by atoms with Crippen LogP contribution in [0.25, 0.3) is 10.8 Å². The number of allylic oxidation sites excluding steroid dienone is 2. The maximum atomic E-state index is 10.0. The van der Waals surface area contributed by atoms with Gasteiger partial charge in [-0.25, -0.2) is 0 Å². The van der Waals surface area contributed by atoms with Crippen LogP contribution < -0.4 is 0 Å². The molecule has 0 amide bonds. The lowest BCUT2D eigenvalue weighted by molar-refractivity contribution is 0.468. The number of hydrogen-bond acceptors (Lipinski definition) is 1. The zero-order chi connectivity index (χ0) is 13.0. The Labute approximate surface area is 109 Å². The van der Waals surface area contributed by atoms with Gasteiger partial charge in [-0.1, -0.05) is 42.0 Å². The number of phenolic OH excluding ortho intramolecular Hbond substituents is 1. The lowest BCUT2D eigenvalue weighted by atomic mass is 9.99. The molecule has 0 bridgehead atoms. The van der Waals surface area contributed by atoms with Crippen molar-refractivity contribution in [2.75, 3.05) is 0 Å². The van der Waals surface area contributed by atoms with Crippen LogP contribution in [-0.2, 0) is 6.42 Å². The van der Waals surface area contributed by atoms with Gasteiger partial charge in [0.15, 0.2) is 0 Å². The molecule has 0 saturated heterocycles. The molecule has 0 aromatic heterocycles. The summed E-state index contributed by atoms with van der Waals surface area (Å²) in [5, 5.41) is 12.4. The molecule has 0 fully saturated rings. The molecule has 2 aromatic rings. The molecule has 0 unspecified atom stereocenters. The maximum Gasteiger partial charge on any atom is 0.119 e. The van der Waals surface area contributed by atoms with Gasteiger partial charge in [0.1, 0.15) is 5.75 Å². The lowest BCUT2D eigenvalue weighted by Crippen LogP contribution is -1.88. The molecule has 1 nitrogen and oxygen atoms in total. The monoisotopic (exact) mass is 240 g/mol. The molecule has 0 atom stereocenters. The van der Waals surface area contributed by atoms with E-state index in [1.54, 1.807) is 6.07 Å². The van der Waals surface area contributed by atoms with Crippen molar-refractivity contribution < 1.29 is 5.11 Å². The number of benzene rings is 2. The highest BCUT2D eigenvalue weighted by atomic mass is 16.3. The van der Waals surface area contributed by atoms with Crippen molar-refractivity contribution >= 4 is 10.8 Å². The van der Waals surface area contributed by atoms with Gasteiger partial charge in [-0.2, -0.15) is 0 Å². The van der Waals surface area contributed by atoms with Crippen LogP contribution in [0.15, 0.2) is 48.0 Å². The van der Waals surface area contributed by atoms with Gasteiger partial charge in [-0.05, 0) is 49.9 Å². The van der Waals surface area contributed by atoms with Gasteiger partial charge in [-0.3, -0.25) is 0 Å². The quantitative estimate of drug-likeness (QED) is 0.599. The zero-order valence-corrected chi connectivity index (χ0v) is 11.1. The summed E-state index contributed by atoms with van der Waals surface area (Å²) in [6.45, 7) is 4.24. The summed E-state index contributed by atoms with van der Waals surface area (Å²) < 4.78 is 0. The van der Waals surface area contributed by atoms with Crippen LogP contribution in [0, 0.1) is 0 Å². The number of aromatic hydroxyl groups is 1. The van der Waals surface area contributed by atoms with Crippen LogP contribution in [0.2, 0.25) is 0 Å². The number of fused-ring (bicyclic) bond motifs is 1. The highest BCUT2D eigenvalue weighted by Gasteiger charge is 2.05. The maximum absolute atomic E-state index is 10.0. The average molecular weight is 240 g/mol. The third-order valence-electron chi connectivity index (χ3n) is 3.20. The Kier molecular flexibility index (Phi) is 4.03. The second-order valence-electron chi connectivity index (χ2n) is 4.96. The van der Waals surface area contributed by atoms with E-state index in [0.717, 1.165) is 24.8 Å². The summed E-state index contributed by atoms with van der Waals surface area (Å²) in [6, 6.07) is 12.0. The van der Waals surface area contributed by atoms with E-state index in [4.69, 9.17) is 0 Å². The van der Waals surface area contributed by atoms with E-state index in [2.05, 4.69) is 32.1 Å². The first-order valence-corrected chi connectivity index (χ1v) is 6.51. The van der Waals surface area contributed by atoms with Crippen molar-refractivity contribution in [1.82, 2.24) is 0 Å². The molecular weight excluding hydrogens is 220 g/mol. The number of unbranched alkanes of at least 4 members (excludes halogenated alkanes) is 1. The van der Waals surface area contributed by atoms with Crippen LogP contribution >= 0.6 is 0 Å². The molecule has 2 rings (SSSR count). The smallest absolute Gasteiger partial charge is 0.119 e. The molecule has 1 heteroatoms. The minimum Gasteiger partial charge on any atom is -0.508 e. The molecular formula is C17H20O. The lowest BCUT2D eigenvalue weighted by Gasteiger charge is -2.08. The van der Waals surface area contributed by atoms with Crippen molar-refractivity contribution in [1.29, 1.82) is 0 Å². The summed E-state index contributed by atoms with van der Waals surface area (Å²) in [6.07, 6.45) is 5.33. The number of hydrogen-bond donors (Lipinski definition) is 1. The topological polar surface area (TPSA) is 20.2 Å². The van der Waals surface area contributed by atoms with Crippen molar-refractivity contribution in [2.24, 2.45) is 0 Å². The second-order valence-corrected chi connectivity index (χ2v) is 4.96. The van der Waals surface area contributed by atoms with Crippen molar-refractivity contribution in [2.45, 2.75) is 33.1 Å². The summed E-state index contributed by atoms with van der Waals surface area (Å²) in [5.74, 6) is 0.422. The van der Waals surface area contributed by atoms with E-state index in [1.807, 2.05) is 18.2 Å².